The van der Waals surface area contributed by atoms with Gasteiger partial charge < -0.3 is 15.0 Å². The quantitative estimate of drug-likeness (QED) is 0.793. The summed E-state index contributed by atoms with van der Waals surface area (Å²) in [5, 5.41) is 12.2. The second-order valence-corrected chi connectivity index (χ2v) is 7.19. The molecule has 0 unspecified atom stereocenters. The van der Waals surface area contributed by atoms with E-state index in [2.05, 4.69) is 10.3 Å². The van der Waals surface area contributed by atoms with E-state index in [1.165, 1.54) is 6.07 Å². The molecule has 0 saturated heterocycles. The molecule has 1 saturated carbocycles. The first kappa shape index (κ1) is 17.5. The number of allylic oxidation sites excluding steroid dienone is 2. The van der Waals surface area contributed by atoms with E-state index in [0.29, 0.717) is 23.5 Å². The summed E-state index contributed by atoms with van der Waals surface area (Å²) in [6.07, 6.45) is 7.84. The molecule has 0 aliphatic heterocycles. The third-order valence-electron chi connectivity index (χ3n) is 5.61. The number of imidazole rings is 1. The molecule has 1 fully saturated rings. The van der Waals surface area contributed by atoms with Crippen LogP contribution in [0.15, 0.2) is 42.7 Å². The van der Waals surface area contributed by atoms with Gasteiger partial charge in [0.15, 0.2) is 0 Å². The fraction of sp³-hybridized carbons (Fsp3) is 0.350. The molecule has 1 aromatic heterocycles. The Morgan fingerprint density at radius 1 is 1.30 bits per heavy atom. The average Bonchev–Trinajstić information content (AvgIpc) is 3.35. The predicted molar refractivity (Wildman–Crippen MR) is 95.5 cm³/mol. The number of carboxylic acids is 1. The van der Waals surface area contributed by atoms with Crippen molar-refractivity contribution in [1.29, 1.82) is 0 Å². The van der Waals surface area contributed by atoms with Crippen molar-refractivity contribution in [3.63, 3.8) is 0 Å². The first-order valence-electron chi connectivity index (χ1n) is 8.93. The number of rotatable bonds is 5. The van der Waals surface area contributed by atoms with E-state index in [-0.39, 0.29) is 24.3 Å². The van der Waals surface area contributed by atoms with Gasteiger partial charge in [-0.2, -0.15) is 0 Å². The van der Waals surface area contributed by atoms with Crippen LogP contribution in [-0.2, 0) is 16.1 Å². The Morgan fingerprint density at radius 2 is 2.04 bits per heavy atom. The molecule has 6 nitrogen and oxygen atoms in total. The van der Waals surface area contributed by atoms with Crippen LogP contribution in [0.5, 0.6) is 0 Å². The molecule has 4 atom stereocenters. The van der Waals surface area contributed by atoms with E-state index in [4.69, 9.17) is 0 Å². The number of carbonyl (C=O) groups is 2. The summed E-state index contributed by atoms with van der Waals surface area (Å²) in [7, 11) is 0. The second kappa shape index (κ2) is 6.64. The highest BCUT2D eigenvalue weighted by molar-refractivity contribution is 5.86. The van der Waals surface area contributed by atoms with Gasteiger partial charge in [-0.3, -0.25) is 9.59 Å². The molecule has 2 aliphatic rings. The fourth-order valence-corrected chi connectivity index (χ4v) is 4.31. The van der Waals surface area contributed by atoms with Gasteiger partial charge in [-0.25, -0.2) is 9.37 Å². The van der Waals surface area contributed by atoms with Crippen LogP contribution in [0, 0.1) is 36.4 Å². The molecule has 1 heterocycles. The van der Waals surface area contributed by atoms with E-state index >= 15 is 0 Å². The zero-order valence-corrected chi connectivity index (χ0v) is 14.8. The lowest BCUT2D eigenvalue weighted by Gasteiger charge is -2.23. The van der Waals surface area contributed by atoms with Gasteiger partial charge in [-0.1, -0.05) is 18.2 Å². The SMILES string of the molecule is Cc1nccn1-c1ccc(CNC(=O)[C@H]2[C@H](C(=O)O)[C@H]3C=C[C@H]2C3)cc1F. The fourth-order valence-electron chi connectivity index (χ4n) is 4.31. The summed E-state index contributed by atoms with van der Waals surface area (Å²) in [6.45, 7) is 1.94. The molecule has 2 bridgehead atoms. The maximum absolute atomic E-state index is 14.5. The zero-order valence-electron chi connectivity index (χ0n) is 14.8. The van der Waals surface area contributed by atoms with Crippen molar-refractivity contribution in [2.75, 3.05) is 0 Å². The topological polar surface area (TPSA) is 84.2 Å². The summed E-state index contributed by atoms with van der Waals surface area (Å²) in [6, 6.07) is 4.77. The van der Waals surface area contributed by atoms with E-state index in [1.54, 1.807) is 36.0 Å². The summed E-state index contributed by atoms with van der Waals surface area (Å²) in [5.41, 5.74) is 1.01. The molecule has 1 aromatic carbocycles. The minimum absolute atomic E-state index is 0.0283. The van der Waals surface area contributed by atoms with Crippen molar-refractivity contribution in [1.82, 2.24) is 14.9 Å². The molecule has 2 N–H and O–H groups in total. The van der Waals surface area contributed by atoms with E-state index in [1.807, 2.05) is 12.2 Å². The lowest BCUT2D eigenvalue weighted by molar-refractivity contribution is -0.147. The van der Waals surface area contributed by atoms with Crippen LogP contribution in [0.25, 0.3) is 5.69 Å². The molecule has 140 valence electrons. The van der Waals surface area contributed by atoms with Crippen molar-refractivity contribution >= 4 is 11.9 Å². The highest BCUT2D eigenvalue weighted by Gasteiger charge is 2.51. The van der Waals surface area contributed by atoms with E-state index in [9.17, 15) is 19.1 Å². The number of aryl methyl sites for hydroxylation is 1. The van der Waals surface area contributed by atoms with E-state index < -0.39 is 23.6 Å². The first-order chi connectivity index (χ1) is 13.0. The van der Waals surface area contributed by atoms with Gasteiger partial charge in [-0.15, -0.1) is 0 Å². The molecule has 4 rings (SSSR count). The Balaban J connectivity index is 1.45. The van der Waals surface area contributed by atoms with Gasteiger partial charge in [0.25, 0.3) is 0 Å². The number of benzene rings is 1. The van der Waals surface area contributed by atoms with Crippen molar-refractivity contribution in [2.45, 2.75) is 19.9 Å². The molecule has 7 heteroatoms. The summed E-state index contributed by atoms with van der Waals surface area (Å²) >= 11 is 0. The van der Waals surface area contributed by atoms with Crippen molar-refractivity contribution < 1.29 is 19.1 Å². The predicted octanol–water partition coefficient (Wildman–Crippen LogP) is 2.46. The van der Waals surface area contributed by atoms with Crippen LogP contribution in [0.4, 0.5) is 4.39 Å². The van der Waals surface area contributed by atoms with Crippen LogP contribution < -0.4 is 5.32 Å². The number of carbonyl (C=O) groups excluding carboxylic acids is 1. The third kappa shape index (κ3) is 3.03. The number of aromatic nitrogens is 2. The molecule has 0 radical (unpaired) electrons. The number of hydrogen-bond acceptors (Lipinski definition) is 3. The summed E-state index contributed by atoms with van der Waals surface area (Å²) in [5.74, 6) is -2.28. The highest BCUT2D eigenvalue weighted by Crippen LogP contribution is 2.48. The third-order valence-corrected chi connectivity index (χ3v) is 5.61. The van der Waals surface area contributed by atoms with Gasteiger partial charge in [0, 0.05) is 18.9 Å². The highest BCUT2D eigenvalue weighted by atomic mass is 19.1. The number of halogens is 1. The maximum atomic E-state index is 14.5. The van der Waals surface area contributed by atoms with Crippen molar-refractivity contribution in [3.05, 3.63) is 59.9 Å². The number of carboxylic acid groups (broad SMARTS) is 1. The normalized spacial score (nSPS) is 25.7. The maximum Gasteiger partial charge on any atom is 0.307 e. The Morgan fingerprint density at radius 3 is 2.67 bits per heavy atom. The van der Waals surface area contributed by atoms with Crippen LogP contribution in [0.2, 0.25) is 0 Å². The Hall–Kier alpha value is -2.96. The number of aliphatic carboxylic acids is 1. The van der Waals surface area contributed by atoms with Crippen LogP contribution in [-0.4, -0.2) is 26.5 Å². The standard InChI is InChI=1S/C20H20FN3O3/c1-11-22-6-7-24(11)16-5-2-12(8-15(16)21)10-23-19(25)17-13-3-4-14(9-13)18(17)20(26)27/h2-8,13-14,17-18H,9-10H2,1H3,(H,23,25)(H,26,27)/t13-,14-,17+,18+/m0/s1. The summed E-state index contributed by atoms with van der Waals surface area (Å²) in [4.78, 5) is 28.2. The van der Waals surface area contributed by atoms with Crippen molar-refractivity contribution in [3.8, 4) is 5.69 Å². The molecular formula is C20H20FN3O3. The lowest BCUT2D eigenvalue weighted by atomic mass is 9.82. The average molecular weight is 369 g/mol. The zero-order chi connectivity index (χ0) is 19.1. The number of hydrogen-bond donors (Lipinski definition) is 2. The molecule has 27 heavy (non-hydrogen) atoms. The molecule has 1 amide bonds. The van der Waals surface area contributed by atoms with Gasteiger partial charge >= 0.3 is 5.97 Å². The van der Waals surface area contributed by atoms with E-state index in [0.717, 1.165) is 0 Å². The molecule has 0 spiro atoms. The molecule has 2 aliphatic carbocycles. The Bertz CT molecular complexity index is 936. The summed E-state index contributed by atoms with van der Waals surface area (Å²) < 4.78 is 16.1. The Kier molecular flexibility index (Phi) is 4.30. The minimum atomic E-state index is -0.932. The largest absolute Gasteiger partial charge is 0.481 e. The molecular weight excluding hydrogens is 349 g/mol. The van der Waals surface area contributed by atoms with Gasteiger partial charge in [0.1, 0.15) is 11.6 Å². The van der Waals surface area contributed by atoms with Gasteiger partial charge in [0.05, 0.1) is 17.5 Å². The van der Waals surface area contributed by atoms with Gasteiger partial charge in [0.2, 0.25) is 5.91 Å². The first-order valence-corrected chi connectivity index (χ1v) is 8.93. The second-order valence-electron chi connectivity index (χ2n) is 7.19. The van der Waals surface area contributed by atoms with Crippen LogP contribution >= 0.6 is 0 Å². The van der Waals surface area contributed by atoms with Gasteiger partial charge in [-0.05, 0) is 42.9 Å². The Labute approximate surface area is 155 Å². The number of nitrogens with one attached hydrogen (secondary N) is 1. The number of nitrogens with zero attached hydrogens (tertiary/aromatic N) is 2. The number of fused-ring (bicyclic) bond motifs is 2. The minimum Gasteiger partial charge on any atom is -0.481 e. The lowest BCUT2D eigenvalue weighted by Crippen LogP contribution is -2.39. The van der Waals surface area contributed by atoms with Crippen LogP contribution in [0.3, 0.4) is 0 Å². The smallest absolute Gasteiger partial charge is 0.307 e. The van der Waals surface area contributed by atoms with Crippen molar-refractivity contribution in [2.24, 2.45) is 23.7 Å². The number of amides is 1. The molecule has 2 aromatic rings. The monoisotopic (exact) mass is 369 g/mol. The van der Waals surface area contributed by atoms with Crippen LogP contribution in [0.1, 0.15) is 17.8 Å².